The Morgan fingerprint density at radius 2 is 2.06 bits per heavy atom. The molecule has 1 saturated heterocycles. The first-order valence-electron chi connectivity index (χ1n) is 11.3. The van der Waals surface area contributed by atoms with E-state index in [1.165, 1.54) is 16.8 Å². The third kappa shape index (κ3) is 2.95. The maximum Gasteiger partial charge on any atom is 0.276 e. The molecule has 0 spiro atoms. The van der Waals surface area contributed by atoms with Crippen molar-refractivity contribution in [3.8, 4) is 5.75 Å². The Morgan fingerprint density at radius 3 is 2.82 bits per heavy atom. The average Bonchev–Trinajstić information content (AvgIpc) is 3.51. The van der Waals surface area contributed by atoms with Gasteiger partial charge in [-0.05, 0) is 50.2 Å². The zero-order chi connectivity index (χ0) is 23.2. The van der Waals surface area contributed by atoms with E-state index >= 15 is 0 Å². The quantitative estimate of drug-likeness (QED) is 0.741. The molecule has 6 atom stereocenters. The minimum atomic E-state index is -0.923. The van der Waals surface area contributed by atoms with Gasteiger partial charge in [-0.15, -0.1) is 0 Å². The first-order chi connectivity index (χ1) is 15.7. The van der Waals surface area contributed by atoms with Gasteiger partial charge in [0.15, 0.2) is 17.7 Å². The SMILES string of the molecule is Cc1ccc([C@@H](C)NC(=O)c2cn3c(c(O)c2=O)C(=O)N2C4CC(O[C@@H]2C3)[C@@H]2C[C@H]42)c(F)c1. The average molecular weight is 453 g/mol. The summed E-state index contributed by atoms with van der Waals surface area (Å²) in [6, 6.07) is 4.05. The Hall–Kier alpha value is -3.20. The normalized spacial score (nSPS) is 29.7. The summed E-state index contributed by atoms with van der Waals surface area (Å²) in [5, 5.41) is 13.3. The number of rotatable bonds is 3. The molecule has 33 heavy (non-hydrogen) atoms. The molecule has 2 aliphatic heterocycles. The maximum absolute atomic E-state index is 14.3. The monoisotopic (exact) mass is 453 g/mol. The number of nitrogens with zero attached hydrogens (tertiary/aromatic N) is 2. The van der Waals surface area contributed by atoms with E-state index in [0.717, 1.165) is 18.4 Å². The van der Waals surface area contributed by atoms with Crippen LogP contribution in [0.15, 0.2) is 29.2 Å². The van der Waals surface area contributed by atoms with Crippen molar-refractivity contribution in [2.45, 2.75) is 57.6 Å². The van der Waals surface area contributed by atoms with E-state index in [1.54, 1.807) is 30.9 Å². The van der Waals surface area contributed by atoms with Gasteiger partial charge >= 0.3 is 0 Å². The molecule has 6 rings (SSSR count). The number of hydrogen-bond acceptors (Lipinski definition) is 5. The minimum absolute atomic E-state index is 0.0720. The molecule has 3 heterocycles. The van der Waals surface area contributed by atoms with Crippen molar-refractivity contribution in [3.05, 3.63) is 62.8 Å². The van der Waals surface area contributed by atoms with Gasteiger partial charge < -0.3 is 24.6 Å². The fourth-order valence-electron chi connectivity index (χ4n) is 5.87. The molecule has 2 unspecified atom stereocenters. The molecular weight excluding hydrogens is 429 g/mol. The second-order valence-corrected chi connectivity index (χ2v) is 9.65. The van der Waals surface area contributed by atoms with E-state index in [4.69, 9.17) is 4.74 Å². The summed E-state index contributed by atoms with van der Waals surface area (Å²) >= 11 is 0. The molecule has 9 heteroatoms. The largest absolute Gasteiger partial charge is 0.503 e. The highest BCUT2D eigenvalue weighted by atomic mass is 19.1. The second-order valence-electron chi connectivity index (χ2n) is 9.65. The molecule has 2 aromatic rings. The first kappa shape index (κ1) is 20.4. The topological polar surface area (TPSA) is 101 Å². The summed E-state index contributed by atoms with van der Waals surface area (Å²) in [4.78, 5) is 40.7. The highest BCUT2D eigenvalue weighted by Crippen LogP contribution is 2.58. The van der Waals surface area contributed by atoms with Crippen LogP contribution in [-0.2, 0) is 11.3 Å². The highest BCUT2D eigenvalue weighted by molar-refractivity contribution is 5.99. The van der Waals surface area contributed by atoms with Crippen molar-refractivity contribution in [3.63, 3.8) is 0 Å². The predicted octanol–water partition coefficient (Wildman–Crippen LogP) is 2.08. The molecule has 8 nitrogen and oxygen atoms in total. The van der Waals surface area contributed by atoms with Gasteiger partial charge in [0.25, 0.3) is 11.8 Å². The Balaban J connectivity index is 1.31. The standard InChI is InChI=1S/C24H24FN3O5/c1-10-3-4-12(16(25)5-10)11(2)26-23(31)15-8-27-9-19-28(24(32)20(27)22(30)21(15)29)17-7-18(33-19)14-6-13(14)17/h3-5,8,11,13-14,17-19,30H,6-7,9H2,1-2H3,(H,26,31)/t11-,13+,14-,17?,18?,19-/m1/s1. The fourth-order valence-corrected chi connectivity index (χ4v) is 5.87. The van der Waals surface area contributed by atoms with E-state index in [2.05, 4.69) is 5.32 Å². The van der Waals surface area contributed by atoms with Crippen LogP contribution in [0.3, 0.4) is 0 Å². The number of hydrogen-bond donors (Lipinski definition) is 2. The van der Waals surface area contributed by atoms with Crippen molar-refractivity contribution >= 4 is 11.8 Å². The van der Waals surface area contributed by atoms with Crippen molar-refractivity contribution < 1.29 is 23.8 Å². The number of amides is 2. The number of fused-ring (bicyclic) bond motifs is 8. The molecule has 2 bridgehead atoms. The molecule has 3 fully saturated rings. The number of nitrogens with one attached hydrogen (secondary N) is 1. The zero-order valence-corrected chi connectivity index (χ0v) is 18.2. The lowest BCUT2D eigenvalue weighted by molar-refractivity contribution is -0.144. The van der Waals surface area contributed by atoms with Crippen molar-refractivity contribution in [2.75, 3.05) is 0 Å². The van der Waals surface area contributed by atoms with E-state index < -0.39 is 41.1 Å². The van der Waals surface area contributed by atoms with Crippen molar-refractivity contribution in [1.82, 2.24) is 14.8 Å². The summed E-state index contributed by atoms with van der Waals surface area (Å²) < 4.78 is 21.9. The van der Waals surface area contributed by atoms with Crippen LogP contribution in [0.25, 0.3) is 0 Å². The molecule has 2 N–H and O–H groups in total. The Labute approximate surface area is 189 Å². The number of ether oxygens (including phenoxy) is 1. The lowest BCUT2D eigenvalue weighted by atomic mass is 10.0. The van der Waals surface area contributed by atoms with Crippen LogP contribution >= 0.6 is 0 Å². The molecule has 2 aliphatic carbocycles. The Morgan fingerprint density at radius 1 is 1.27 bits per heavy atom. The van der Waals surface area contributed by atoms with Crippen molar-refractivity contribution in [2.24, 2.45) is 11.8 Å². The summed E-state index contributed by atoms with van der Waals surface area (Å²) in [6.45, 7) is 3.60. The first-order valence-corrected chi connectivity index (χ1v) is 11.3. The molecule has 1 aromatic heterocycles. The van der Waals surface area contributed by atoms with Crippen LogP contribution in [0, 0.1) is 24.6 Å². The number of carbonyl (C=O) groups excluding carboxylic acids is 2. The van der Waals surface area contributed by atoms with E-state index in [0.29, 0.717) is 11.8 Å². The summed E-state index contributed by atoms with van der Waals surface area (Å²) in [5.74, 6) is -1.49. The summed E-state index contributed by atoms with van der Waals surface area (Å²) in [6.07, 6.45) is 2.78. The smallest absolute Gasteiger partial charge is 0.276 e. The zero-order valence-electron chi connectivity index (χ0n) is 18.2. The fraction of sp³-hybridized carbons (Fsp3) is 0.458. The van der Waals surface area contributed by atoms with Crippen LogP contribution in [0.5, 0.6) is 5.75 Å². The molecule has 2 saturated carbocycles. The molecular formula is C24H24FN3O5. The number of halogens is 1. The second kappa shape index (κ2) is 6.90. The van der Waals surface area contributed by atoms with Gasteiger partial charge in [0, 0.05) is 17.8 Å². The van der Waals surface area contributed by atoms with Crippen LogP contribution < -0.4 is 10.7 Å². The number of carbonyl (C=O) groups is 2. The molecule has 1 aromatic carbocycles. The predicted molar refractivity (Wildman–Crippen MR) is 114 cm³/mol. The van der Waals surface area contributed by atoms with Gasteiger partial charge in [-0.3, -0.25) is 14.4 Å². The summed E-state index contributed by atoms with van der Waals surface area (Å²) in [7, 11) is 0. The number of aromatic hydroxyl groups is 1. The van der Waals surface area contributed by atoms with Gasteiger partial charge in [0.2, 0.25) is 5.43 Å². The Bertz CT molecular complexity index is 1270. The van der Waals surface area contributed by atoms with E-state index in [9.17, 15) is 23.9 Å². The molecule has 2 amide bonds. The third-order valence-electron chi connectivity index (χ3n) is 7.60. The van der Waals surface area contributed by atoms with Crippen LogP contribution in [0.1, 0.15) is 57.8 Å². The maximum atomic E-state index is 14.3. The van der Waals surface area contributed by atoms with Crippen LogP contribution in [0.2, 0.25) is 0 Å². The van der Waals surface area contributed by atoms with E-state index in [-0.39, 0.29) is 35.5 Å². The summed E-state index contributed by atoms with van der Waals surface area (Å²) in [5.41, 5.74) is -0.308. The van der Waals surface area contributed by atoms with Crippen LogP contribution in [-0.4, -0.2) is 44.8 Å². The van der Waals surface area contributed by atoms with Crippen molar-refractivity contribution in [1.29, 1.82) is 0 Å². The van der Waals surface area contributed by atoms with Gasteiger partial charge in [-0.25, -0.2) is 4.39 Å². The number of benzene rings is 1. The number of pyridine rings is 1. The molecule has 172 valence electrons. The molecule has 0 radical (unpaired) electrons. The number of aromatic nitrogens is 1. The lowest BCUT2D eigenvalue weighted by Crippen LogP contribution is -2.58. The van der Waals surface area contributed by atoms with Gasteiger partial charge in [0.05, 0.1) is 18.7 Å². The highest BCUT2D eigenvalue weighted by Gasteiger charge is 2.63. The minimum Gasteiger partial charge on any atom is -0.503 e. The Kier molecular flexibility index (Phi) is 4.27. The van der Waals surface area contributed by atoms with Gasteiger partial charge in [0.1, 0.15) is 11.4 Å². The number of aryl methyl sites for hydroxylation is 1. The van der Waals surface area contributed by atoms with Gasteiger partial charge in [-0.2, -0.15) is 0 Å². The van der Waals surface area contributed by atoms with E-state index in [1.807, 2.05) is 0 Å². The third-order valence-corrected chi connectivity index (χ3v) is 7.60. The lowest BCUT2D eigenvalue weighted by Gasteiger charge is -2.45. The van der Waals surface area contributed by atoms with Crippen LogP contribution in [0.4, 0.5) is 4.39 Å². The molecule has 4 aliphatic rings. The van der Waals surface area contributed by atoms with Gasteiger partial charge in [-0.1, -0.05) is 12.1 Å².